The van der Waals surface area contributed by atoms with Crippen LogP contribution in [0.4, 0.5) is 0 Å². The largest absolute Gasteiger partial charge is 0.394 e. The van der Waals surface area contributed by atoms with Gasteiger partial charge >= 0.3 is 0 Å². The van der Waals surface area contributed by atoms with Gasteiger partial charge in [0.25, 0.3) is 0 Å². The molecule has 0 saturated heterocycles. The van der Waals surface area contributed by atoms with Crippen LogP contribution in [0.5, 0.6) is 0 Å². The molecule has 0 rings (SSSR count). The summed E-state index contributed by atoms with van der Waals surface area (Å²) in [5.41, 5.74) is 0. The van der Waals surface area contributed by atoms with E-state index in [0.717, 1.165) is 0 Å². The number of ether oxygens (including phenoxy) is 5. The standard InChI is InChI=1S/C16H34O11/c1-23-15(8-24-12(2-17)3-18)9-27-16(10-25-13(4-19)5-20)11-26-14(6-21)7-22/h12-22H,2-11H2,1H3. The number of aliphatic hydroxyl groups is 6. The highest BCUT2D eigenvalue weighted by atomic mass is 16.6. The fourth-order valence-electron chi connectivity index (χ4n) is 1.79. The number of methoxy groups -OCH3 is 1. The van der Waals surface area contributed by atoms with E-state index in [2.05, 4.69) is 0 Å². The van der Waals surface area contributed by atoms with Crippen LogP contribution in [0.1, 0.15) is 0 Å². The summed E-state index contributed by atoms with van der Waals surface area (Å²) in [6.45, 7) is -1.99. The molecule has 0 saturated carbocycles. The van der Waals surface area contributed by atoms with Gasteiger partial charge in [-0.2, -0.15) is 0 Å². The van der Waals surface area contributed by atoms with Gasteiger partial charge in [-0.3, -0.25) is 0 Å². The highest BCUT2D eigenvalue weighted by Gasteiger charge is 2.19. The van der Waals surface area contributed by atoms with Gasteiger partial charge in [0.2, 0.25) is 0 Å². The van der Waals surface area contributed by atoms with Gasteiger partial charge in [0, 0.05) is 7.11 Å². The lowest BCUT2D eigenvalue weighted by atomic mass is 10.3. The molecule has 0 aromatic rings. The summed E-state index contributed by atoms with van der Waals surface area (Å²) >= 11 is 0. The summed E-state index contributed by atoms with van der Waals surface area (Å²) < 4.78 is 26.8. The molecule has 0 aliphatic rings. The summed E-state index contributed by atoms with van der Waals surface area (Å²) in [7, 11) is 1.45. The van der Waals surface area contributed by atoms with Crippen molar-refractivity contribution in [2.45, 2.75) is 30.5 Å². The van der Waals surface area contributed by atoms with Gasteiger partial charge in [0.05, 0.1) is 66.1 Å². The van der Waals surface area contributed by atoms with Crippen LogP contribution in [0.3, 0.4) is 0 Å². The second kappa shape index (κ2) is 17.6. The fourth-order valence-corrected chi connectivity index (χ4v) is 1.79. The average molecular weight is 402 g/mol. The summed E-state index contributed by atoms with van der Waals surface area (Å²) in [6, 6.07) is 0. The molecule has 0 aromatic heterocycles. The molecule has 1 atom stereocenters. The predicted molar refractivity (Wildman–Crippen MR) is 92.3 cm³/mol. The quantitative estimate of drug-likeness (QED) is 0.127. The highest BCUT2D eigenvalue weighted by Crippen LogP contribution is 2.05. The van der Waals surface area contributed by atoms with Crippen LogP contribution in [0.25, 0.3) is 0 Å². The molecule has 164 valence electrons. The van der Waals surface area contributed by atoms with E-state index in [4.69, 9.17) is 54.3 Å². The minimum Gasteiger partial charge on any atom is -0.394 e. The minimum absolute atomic E-state index is 0.0113. The van der Waals surface area contributed by atoms with Crippen LogP contribution in [0, 0.1) is 0 Å². The normalized spacial score (nSPS) is 13.4. The maximum absolute atomic E-state index is 9.06. The van der Waals surface area contributed by atoms with Gasteiger partial charge in [-0.05, 0) is 0 Å². The molecular weight excluding hydrogens is 368 g/mol. The third-order valence-corrected chi connectivity index (χ3v) is 3.63. The smallest absolute Gasteiger partial charge is 0.104 e. The summed E-state index contributed by atoms with van der Waals surface area (Å²) in [6.07, 6.45) is -3.37. The first-order valence-corrected chi connectivity index (χ1v) is 8.72. The molecule has 0 heterocycles. The Morgan fingerprint density at radius 1 is 0.444 bits per heavy atom. The zero-order chi connectivity index (χ0) is 20.5. The number of rotatable bonds is 19. The van der Waals surface area contributed by atoms with E-state index in [9.17, 15) is 0 Å². The molecule has 11 nitrogen and oxygen atoms in total. The van der Waals surface area contributed by atoms with Gasteiger partial charge in [-0.1, -0.05) is 0 Å². The van der Waals surface area contributed by atoms with Crippen molar-refractivity contribution in [3.63, 3.8) is 0 Å². The fraction of sp³-hybridized carbons (Fsp3) is 1.00. The van der Waals surface area contributed by atoms with E-state index in [1.807, 2.05) is 0 Å². The van der Waals surface area contributed by atoms with Crippen LogP contribution in [0.2, 0.25) is 0 Å². The van der Waals surface area contributed by atoms with Crippen molar-refractivity contribution in [2.75, 3.05) is 73.2 Å². The van der Waals surface area contributed by atoms with Crippen molar-refractivity contribution in [3.8, 4) is 0 Å². The average Bonchev–Trinajstić information content (AvgIpc) is 2.71. The highest BCUT2D eigenvalue weighted by molar-refractivity contribution is 4.65. The molecular formula is C16H34O11. The first-order valence-electron chi connectivity index (χ1n) is 8.72. The first-order chi connectivity index (χ1) is 13.1. The molecule has 0 aromatic carbocycles. The van der Waals surface area contributed by atoms with E-state index >= 15 is 0 Å². The summed E-state index contributed by atoms with van der Waals surface area (Å²) in [4.78, 5) is 0. The van der Waals surface area contributed by atoms with Crippen LogP contribution in [-0.2, 0) is 23.7 Å². The molecule has 0 amide bonds. The second-order valence-electron chi connectivity index (χ2n) is 5.77. The molecule has 0 aliphatic carbocycles. The Morgan fingerprint density at radius 2 is 0.704 bits per heavy atom. The molecule has 6 N–H and O–H groups in total. The lowest BCUT2D eigenvalue weighted by molar-refractivity contribution is -0.138. The Kier molecular flexibility index (Phi) is 17.4. The molecule has 0 bridgehead atoms. The van der Waals surface area contributed by atoms with Crippen LogP contribution >= 0.6 is 0 Å². The van der Waals surface area contributed by atoms with Crippen molar-refractivity contribution in [2.24, 2.45) is 0 Å². The maximum atomic E-state index is 9.06. The summed E-state index contributed by atoms with van der Waals surface area (Å²) in [5.74, 6) is 0. The Hall–Kier alpha value is -0.440. The molecule has 11 heteroatoms. The van der Waals surface area contributed by atoms with E-state index in [1.54, 1.807) is 0 Å². The number of hydrogen-bond acceptors (Lipinski definition) is 11. The van der Waals surface area contributed by atoms with E-state index < -0.39 is 30.5 Å². The lowest BCUT2D eigenvalue weighted by Crippen LogP contribution is -2.37. The first kappa shape index (κ1) is 26.6. The van der Waals surface area contributed by atoms with Crippen molar-refractivity contribution in [3.05, 3.63) is 0 Å². The van der Waals surface area contributed by atoms with Gasteiger partial charge in [-0.15, -0.1) is 0 Å². The molecule has 0 fully saturated rings. The Morgan fingerprint density at radius 3 is 0.963 bits per heavy atom. The topological polar surface area (TPSA) is 168 Å². The monoisotopic (exact) mass is 402 g/mol. The van der Waals surface area contributed by atoms with Crippen molar-refractivity contribution < 1.29 is 54.3 Å². The van der Waals surface area contributed by atoms with Crippen molar-refractivity contribution >= 4 is 0 Å². The van der Waals surface area contributed by atoms with Gasteiger partial charge in [-0.25, -0.2) is 0 Å². The lowest BCUT2D eigenvalue weighted by Gasteiger charge is -2.25. The van der Waals surface area contributed by atoms with Crippen molar-refractivity contribution in [1.82, 2.24) is 0 Å². The third-order valence-electron chi connectivity index (χ3n) is 3.63. The van der Waals surface area contributed by atoms with Crippen LogP contribution < -0.4 is 0 Å². The van der Waals surface area contributed by atoms with E-state index in [0.29, 0.717) is 0 Å². The second-order valence-corrected chi connectivity index (χ2v) is 5.77. The van der Waals surface area contributed by atoms with Gasteiger partial charge in [0.15, 0.2) is 0 Å². The zero-order valence-electron chi connectivity index (χ0n) is 15.7. The Bertz CT molecular complexity index is 293. The van der Waals surface area contributed by atoms with E-state index in [-0.39, 0.29) is 66.1 Å². The van der Waals surface area contributed by atoms with E-state index in [1.165, 1.54) is 7.11 Å². The SMILES string of the molecule is COC(COC(CO)CO)COC(COC(CO)CO)COC(CO)CO. The predicted octanol–water partition coefficient (Wildman–Crippen LogP) is -3.50. The maximum Gasteiger partial charge on any atom is 0.104 e. The van der Waals surface area contributed by atoms with Crippen LogP contribution in [-0.4, -0.2) is 134 Å². The zero-order valence-corrected chi connectivity index (χ0v) is 15.7. The minimum atomic E-state index is -0.765. The Labute approximate surface area is 159 Å². The third kappa shape index (κ3) is 12.6. The van der Waals surface area contributed by atoms with Gasteiger partial charge < -0.3 is 54.3 Å². The Balaban J connectivity index is 4.54. The van der Waals surface area contributed by atoms with Crippen LogP contribution in [0.15, 0.2) is 0 Å². The summed E-state index contributed by atoms with van der Waals surface area (Å²) in [5, 5.41) is 54.2. The van der Waals surface area contributed by atoms with Gasteiger partial charge in [0.1, 0.15) is 30.5 Å². The molecule has 1 unspecified atom stereocenters. The molecule has 0 radical (unpaired) electrons. The van der Waals surface area contributed by atoms with Crippen molar-refractivity contribution in [1.29, 1.82) is 0 Å². The number of aliphatic hydroxyl groups excluding tert-OH is 6. The molecule has 27 heavy (non-hydrogen) atoms. The molecule has 0 aliphatic heterocycles. The number of hydrogen-bond donors (Lipinski definition) is 6. The molecule has 0 spiro atoms.